The molecule has 0 spiro atoms. The van der Waals surface area contributed by atoms with Gasteiger partial charge in [-0.15, -0.1) is 11.8 Å². The molecule has 1 aliphatic rings. The molecule has 1 rings (SSSR count). The second-order valence-electron chi connectivity index (χ2n) is 2.41. The lowest BCUT2D eigenvalue weighted by Crippen LogP contribution is -2.32. The van der Waals surface area contributed by atoms with Gasteiger partial charge in [-0.25, -0.2) is 0 Å². The number of hydrogen-bond acceptors (Lipinski definition) is 2. The van der Waals surface area contributed by atoms with E-state index in [9.17, 15) is 0 Å². The molecule has 0 aromatic carbocycles. The Balaban J connectivity index is 2.42. The fourth-order valence-electron chi connectivity index (χ4n) is 0.765. The van der Waals surface area contributed by atoms with E-state index in [2.05, 4.69) is 30.6 Å². The largest absolute Gasteiger partial charge is 0.310 e. The molecule has 0 bridgehead atoms. The standard InChI is InChI=1S/C7H13NS/c1-6-7(2)9-5-3-4-8-6/h3,5-8H,4H2,1-2H3. The van der Waals surface area contributed by atoms with Crippen LogP contribution in [-0.4, -0.2) is 17.8 Å². The highest BCUT2D eigenvalue weighted by molar-refractivity contribution is 8.02. The summed E-state index contributed by atoms with van der Waals surface area (Å²) in [5.41, 5.74) is 0. The van der Waals surface area contributed by atoms with Gasteiger partial charge in [-0.05, 0) is 12.3 Å². The van der Waals surface area contributed by atoms with Crippen molar-refractivity contribution in [2.24, 2.45) is 0 Å². The summed E-state index contributed by atoms with van der Waals surface area (Å²) in [6.07, 6.45) is 2.17. The van der Waals surface area contributed by atoms with Crippen LogP contribution in [0.3, 0.4) is 0 Å². The Morgan fingerprint density at radius 1 is 1.56 bits per heavy atom. The molecule has 1 N–H and O–H groups in total. The third kappa shape index (κ3) is 2.03. The van der Waals surface area contributed by atoms with E-state index in [1.54, 1.807) is 0 Å². The molecule has 1 nitrogen and oxygen atoms in total. The quantitative estimate of drug-likeness (QED) is 0.553. The van der Waals surface area contributed by atoms with E-state index in [-0.39, 0.29) is 0 Å². The summed E-state index contributed by atoms with van der Waals surface area (Å²) >= 11 is 1.90. The summed E-state index contributed by atoms with van der Waals surface area (Å²) in [5.74, 6) is 0. The molecule has 0 saturated heterocycles. The molecule has 2 atom stereocenters. The van der Waals surface area contributed by atoms with Crippen LogP contribution >= 0.6 is 11.8 Å². The zero-order chi connectivity index (χ0) is 6.69. The van der Waals surface area contributed by atoms with Crippen LogP contribution in [0, 0.1) is 0 Å². The lowest BCUT2D eigenvalue weighted by atomic mass is 10.2. The van der Waals surface area contributed by atoms with Gasteiger partial charge in [-0.1, -0.05) is 13.0 Å². The minimum Gasteiger partial charge on any atom is -0.310 e. The molecule has 0 aromatic heterocycles. The molecule has 0 saturated carbocycles. The van der Waals surface area contributed by atoms with Crippen LogP contribution in [0.2, 0.25) is 0 Å². The van der Waals surface area contributed by atoms with E-state index < -0.39 is 0 Å². The first-order valence-electron chi connectivity index (χ1n) is 3.34. The molecule has 0 aromatic rings. The summed E-state index contributed by atoms with van der Waals surface area (Å²) in [7, 11) is 0. The van der Waals surface area contributed by atoms with Gasteiger partial charge >= 0.3 is 0 Å². The summed E-state index contributed by atoms with van der Waals surface area (Å²) in [5, 5.41) is 6.28. The smallest absolute Gasteiger partial charge is 0.0211 e. The Labute approximate surface area is 60.9 Å². The molecular weight excluding hydrogens is 130 g/mol. The van der Waals surface area contributed by atoms with Crippen molar-refractivity contribution in [2.45, 2.75) is 25.1 Å². The van der Waals surface area contributed by atoms with Crippen molar-refractivity contribution in [3.8, 4) is 0 Å². The highest BCUT2D eigenvalue weighted by atomic mass is 32.2. The van der Waals surface area contributed by atoms with Crippen LogP contribution in [0.25, 0.3) is 0 Å². The average molecular weight is 143 g/mol. The number of nitrogens with one attached hydrogen (secondary N) is 1. The second kappa shape index (κ2) is 3.28. The van der Waals surface area contributed by atoms with Crippen molar-refractivity contribution in [1.82, 2.24) is 5.32 Å². The Morgan fingerprint density at radius 2 is 2.33 bits per heavy atom. The minimum absolute atomic E-state index is 0.644. The van der Waals surface area contributed by atoms with Gasteiger partial charge in [0.2, 0.25) is 0 Å². The lowest BCUT2D eigenvalue weighted by Gasteiger charge is -2.15. The molecule has 0 radical (unpaired) electrons. The van der Waals surface area contributed by atoms with Crippen LogP contribution in [0.1, 0.15) is 13.8 Å². The first-order chi connectivity index (χ1) is 4.30. The Bertz CT molecular complexity index is 111. The van der Waals surface area contributed by atoms with Crippen molar-refractivity contribution in [3.05, 3.63) is 11.5 Å². The third-order valence-corrected chi connectivity index (χ3v) is 2.84. The molecule has 0 amide bonds. The van der Waals surface area contributed by atoms with Crippen molar-refractivity contribution >= 4 is 11.8 Å². The molecular formula is C7H13NS. The minimum atomic E-state index is 0.644. The Hall–Kier alpha value is 0.0500. The lowest BCUT2D eigenvalue weighted by molar-refractivity contribution is 0.582. The monoisotopic (exact) mass is 143 g/mol. The SMILES string of the molecule is CC1NCC=CSC1C. The van der Waals surface area contributed by atoms with Crippen molar-refractivity contribution < 1.29 is 0 Å². The third-order valence-electron chi connectivity index (χ3n) is 1.65. The summed E-state index contributed by atoms with van der Waals surface area (Å²) in [4.78, 5) is 0. The van der Waals surface area contributed by atoms with E-state index in [1.165, 1.54) is 0 Å². The maximum Gasteiger partial charge on any atom is 0.0211 e. The highest BCUT2D eigenvalue weighted by Crippen LogP contribution is 2.16. The van der Waals surface area contributed by atoms with Gasteiger partial charge in [0, 0.05) is 17.8 Å². The number of rotatable bonds is 0. The first kappa shape index (κ1) is 7.16. The van der Waals surface area contributed by atoms with Crippen LogP contribution in [-0.2, 0) is 0 Å². The van der Waals surface area contributed by atoms with Gasteiger partial charge in [-0.3, -0.25) is 0 Å². The molecule has 2 heteroatoms. The summed E-state index contributed by atoms with van der Waals surface area (Å²) in [6.45, 7) is 5.50. The summed E-state index contributed by atoms with van der Waals surface area (Å²) < 4.78 is 0. The van der Waals surface area contributed by atoms with Crippen molar-refractivity contribution in [1.29, 1.82) is 0 Å². The van der Waals surface area contributed by atoms with Crippen LogP contribution in [0.5, 0.6) is 0 Å². The molecule has 0 aliphatic carbocycles. The van der Waals surface area contributed by atoms with E-state index in [0.717, 1.165) is 6.54 Å². The fourth-order valence-corrected chi connectivity index (χ4v) is 1.55. The molecule has 1 aliphatic heterocycles. The van der Waals surface area contributed by atoms with Gasteiger partial charge in [0.15, 0.2) is 0 Å². The maximum absolute atomic E-state index is 3.39. The maximum atomic E-state index is 3.39. The predicted octanol–water partition coefficient (Wildman–Crippen LogP) is 1.61. The predicted molar refractivity (Wildman–Crippen MR) is 43.7 cm³/mol. The fraction of sp³-hybridized carbons (Fsp3) is 0.714. The van der Waals surface area contributed by atoms with Crippen molar-refractivity contribution in [3.63, 3.8) is 0 Å². The van der Waals surface area contributed by atoms with Gasteiger partial charge in [0.05, 0.1) is 0 Å². The topological polar surface area (TPSA) is 12.0 Å². The first-order valence-corrected chi connectivity index (χ1v) is 4.29. The van der Waals surface area contributed by atoms with Crippen LogP contribution < -0.4 is 5.32 Å². The van der Waals surface area contributed by atoms with Gasteiger partial charge in [-0.2, -0.15) is 0 Å². The molecule has 1 heterocycles. The van der Waals surface area contributed by atoms with Crippen molar-refractivity contribution in [2.75, 3.05) is 6.54 Å². The molecule has 52 valence electrons. The molecule has 0 fully saturated rings. The Morgan fingerprint density at radius 3 is 3.11 bits per heavy atom. The van der Waals surface area contributed by atoms with E-state index in [0.29, 0.717) is 11.3 Å². The number of thioether (sulfide) groups is 1. The Kier molecular flexibility index (Phi) is 2.61. The van der Waals surface area contributed by atoms with Crippen LogP contribution in [0.15, 0.2) is 11.5 Å². The summed E-state index contributed by atoms with van der Waals surface area (Å²) in [6, 6.07) is 0.644. The number of hydrogen-bond donors (Lipinski definition) is 1. The van der Waals surface area contributed by atoms with Gasteiger partial charge in [0.25, 0.3) is 0 Å². The highest BCUT2D eigenvalue weighted by Gasteiger charge is 2.11. The zero-order valence-electron chi connectivity index (χ0n) is 5.92. The molecule has 2 unspecified atom stereocenters. The average Bonchev–Trinajstić information content (AvgIpc) is 1.99. The van der Waals surface area contributed by atoms with E-state index >= 15 is 0 Å². The second-order valence-corrected chi connectivity index (χ2v) is 3.70. The molecule has 9 heavy (non-hydrogen) atoms. The normalized spacial score (nSPS) is 36.2. The van der Waals surface area contributed by atoms with E-state index in [4.69, 9.17) is 0 Å². The van der Waals surface area contributed by atoms with Crippen LogP contribution in [0.4, 0.5) is 0 Å². The van der Waals surface area contributed by atoms with Gasteiger partial charge < -0.3 is 5.32 Å². The van der Waals surface area contributed by atoms with E-state index in [1.807, 2.05) is 11.8 Å². The zero-order valence-corrected chi connectivity index (χ0v) is 6.74. The van der Waals surface area contributed by atoms with Gasteiger partial charge in [0.1, 0.15) is 0 Å².